The van der Waals surface area contributed by atoms with Crippen molar-refractivity contribution in [2.24, 2.45) is 0 Å². The van der Waals surface area contributed by atoms with Gasteiger partial charge in [-0.3, -0.25) is 0 Å². The van der Waals surface area contributed by atoms with E-state index >= 15 is 0 Å². The van der Waals surface area contributed by atoms with Crippen molar-refractivity contribution in [2.75, 3.05) is 0 Å². The van der Waals surface area contributed by atoms with E-state index in [1.54, 1.807) is 6.33 Å². The lowest BCUT2D eigenvalue weighted by Crippen LogP contribution is -1.80. The van der Waals surface area contributed by atoms with Gasteiger partial charge >= 0.3 is 0 Å². The Kier molecular flexibility index (Phi) is 3.15. The quantitative estimate of drug-likeness (QED) is 0.571. The summed E-state index contributed by atoms with van der Waals surface area (Å²) >= 11 is 0. The molecule has 2 aromatic rings. The first-order chi connectivity index (χ1) is 6.36. The highest BCUT2D eigenvalue weighted by Gasteiger charge is 1.91. The molecule has 0 aliphatic carbocycles. The average molecular weight is 172 g/mol. The summed E-state index contributed by atoms with van der Waals surface area (Å²) in [4.78, 5) is 8.06. The predicted molar refractivity (Wildman–Crippen MR) is 55.5 cm³/mol. The molecule has 0 fully saturated rings. The Bertz CT molecular complexity index is 396. The monoisotopic (exact) mass is 172 g/mol. The number of hydrogen-bond donors (Lipinski definition) is 0. The van der Waals surface area contributed by atoms with Gasteiger partial charge in [-0.2, -0.15) is 0 Å². The zero-order valence-corrected chi connectivity index (χ0v) is 7.70. The normalized spacial score (nSPS) is 9.00. The van der Waals surface area contributed by atoms with Crippen molar-refractivity contribution in [2.45, 2.75) is 6.92 Å². The molecule has 1 heterocycles. The molecular formula is C11H12N2. The number of hydrogen-bond acceptors (Lipinski definition) is 2. The Hall–Kier alpha value is -1.70. The second kappa shape index (κ2) is 4.36. The highest BCUT2D eigenvalue weighted by Crippen LogP contribution is 2.10. The third-order valence-corrected chi connectivity index (χ3v) is 1.66. The number of aromatic nitrogens is 2. The standard InChI is InChI=1S/C9H8N2.C2H4/c1-7-2-3-8-5-10-6-11-9(8)4-7;1-2/h2-6H,1H3;1-2H2. The highest BCUT2D eigenvalue weighted by atomic mass is 14.8. The molecule has 0 amide bonds. The molecule has 0 aliphatic rings. The molecule has 2 rings (SSSR count). The molecule has 2 heteroatoms. The van der Waals surface area contributed by atoms with Crippen LogP contribution in [0.3, 0.4) is 0 Å². The summed E-state index contributed by atoms with van der Waals surface area (Å²) in [5, 5.41) is 1.10. The first-order valence-electron chi connectivity index (χ1n) is 4.02. The fourth-order valence-corrected chi connectivity index (χ4v) is 1.08. The summed E-state index contributed by atoms with van der Waals surface area (Å²) in [5.74, 6) is 0. The molecule has 13 heavy (non-hydrogen) atoms. The van der Waals surface area contributed by atoms with E-state index in [0.29, 0.717) is 0 Å². The van der Waals surface area contributed by atoms with E-state index in [2.05, 4.69) is 42.2 Å². The van der Waals surface area contributed by atoms with E-state index in [-0.39, 0.29) is 0 Å². The lowest BCUT2D eigenvalue weighted by Gasteiger charge is -1.95. The molecule has 0 bridgehead atoms. The predicted octanol–water partition coefficient (Wildman–Crippen LogP) is 2.74. The van der Waals surface area contributed by atoms with Crippen molar-refractivity contribution < 1.29 is 0 Å². The van der Waals surface area contributed by atoms with E-state index in [9.17, 15) is 0 Å². The molecular weight excluding hydrogens is 160 g/mol. The molecule has 0 aliphatic heterocycles. The first kappa shape index (κ1) is 9.39. The number of nitrogens with zero attached hydrogens (tertiary/aromatic N) is 2. The maximum atomic E-state index is 4.13. The van der Waals surface area contributed by atoms with Crippen molar-refractivity contribution in [3.8, 4) is 0 Å². The minimum atomic E-state index is 1.01. The summed E-state index contributed by atoms with van der Waals surface area (Å²) in [6.07, 6.45) is 3.39. The molecule has 0 unspecified atom stereocenters. The number of fused-ring (bicyclic) bond motifs is 1. The molecule has 1 aromatic carbocycles. The minimum Gasteiger partial charge on any atom is -0.244 e. The second-order valence-corrected chi connectivity index (χ2v) is 2.59. The largest absolute Gasteiger partial charge is 0.244 e. The molecule has 0 N–H and O–H groups in total. The van der Waals surface area contributed by atoms with Gasteiger partial charge in [-0.15, -0.1) is 13.2 Å². The van der Waals surface area contributed by atoms with E-state index in [0.717, 1.165) is 10.9 Å². The summed E-state index contributed by atoms with van der Waals surface area (Å²) < 4.78 is 0. The number of rotatable bonds is 0. The molecule has 0 spiro atoms. The Morgan fingerprint density at radius 2 is 2.00 bits per heavy atom. The van der Waals surface area contributed by atoms with Gasteiger partial charge in [-0.1, -0.05) is 12.1 Å². The van der Waals surface area contributed by atoms with E-state index in [1.165, 1.54) is 5.56 Å². The smallest absolute Gasteiger partial charge is 0.116 e. The second-order valence-electron chi connectivity index (χ2n) is 2.59. The summed E-state index contributed by atoms with van der Waals surface area (Å²) in [7, 11) is 0. The zero-order chi connectivity index (χ0) is 9.68. The average Bonchev–Trinajstić information content (AvgIpc) is 2.21. The van der Waals surface area contributed by atoms with Crippen molar-refractivity contribution in [1.29, 1.82) is 0 Å². The molecule has 0 radical (unpaired) electrons. The Labute approximate surface area is 78.0 Å². The maximum absolute atomic E-state index is 4.13. The minimum absolute atomic E-state index is 1.01. The van der Waals surface area contributed by atoms with Crippen LogP contribution in [-0.2, 0) is 0 Å². The lowest BCUT2D eigenvalue weighted by atomic mass is 10.2. The summed E-state index contributed by atoms with van der Waals surface area (Å²) in [6.45, 7) is 8.06. The van der Waals surface area contributed by atoms with Crippen LogP contribution < -0.4 is 0 Å². The van der Waals surface area contributed by atoms with Crippen LogP contribution in [0.4, 0.5) is 0 Å². The van der Waals surface area contributed by atoms with Gasteiger partial charge in [0.05, 0.1) is 5.52 Å². The highest BCUT2D eigenvalue weighted by molar-refractivity contribution is 5.77. The summed E-state index contributed by atoms with van der Waals surface area (Å²) in [6, 6.07) is 6.15. The molecule has 0 atom stereocenters. The van der Waals surface area contributed by atoms with Crippen molar-refractivity contribution in [3.63, 3.8) is 0 Å². The van der Waals surface area contributed by atoms with Crippen LogP contribution in [0.15, 0.2) is 43.9 Å². The van der Waals surface area contributed by atoms with Gasteiger partial charge in [-0.05, 0) is 18.6 Å². The van der Waals surface area contributed by atoms with Crippen molar-refractivity contribution >= 4 is 10.9 Å². The van der Waals surface area contributed by atoms with Crippen LogP contribution >= 0.6 is 0 Å². The van der Waals surface area contributed by atoms with Gasteiger partial charge in [0, 0.05) is 11.6 Å². The van der Waals surface area contributed by atoms with Crippen molar-refractivity contribution in [3.05, 3.63) is 49.4 Å². The van der Waals surface area contributed by atoms with Crippen LogP contribution in [0.25, 0.3) is 10.9 Å². The van der Waals surface area contributed by atoms with Gasteiger partial charge in [0.1, 0.15) is 6.33 Å². The van der Waals surface area contributed by atoms with Gasteiger partial charge in [0.25, 0.3) is 0 Å². The van der Waals surface area contributed by atoms with Gasteiger partial charge in [-0.25, -0.2) is 9.97 Å². The number of aryl methyl sites for hydroxylation is 1. The third kappa shape index (κ3) is 2.12. The maximum Gasteiger partial charge on any atom is 0.116 e. The molecule has 0 saturated carbocycles. The lowest BCUT2D eigenvalue weighted by molar-refractivity contribution is 1.22. The van der Waals surface area contributed by atoms with E-state index in [4.69, 9.17) is 0 Å². The Morgan fingerprint density at radius 1 is 1.23 bits per heavy atom. The fourth-order valence-electron chi connectivity index (χ4n) is 1.08. The summed E-state index contributed by atoms with van der Waals surface area (Å²) in [5.41, 5.74) is 2.25. The Balaban J connectivity index is 0.000000396. The van der Waals surface area contributed by atoms with Crippen LogP contribution in [0.2, 0.25) is 0 Å². The van der Waals surface area contributed by atoms with Crippen molar-refractivity contribution in [1.82, 2.24) is 9.97 Å². The van der Waals surface area contributed by atoms with E-state index < -0.39 is 0 Å². The van der Waals surface area contributed by atoms with E-state index in [1.807, 2.05) is 12.3 Å². The first-order valence-corrected chi connectivity index (χ1v) is 4.02. The molecule has 2 nitrogen and oxygen atoms in total. The van der Waals surface area contributed by atoms with Gasteiger partial charge in [0.2, 0.25) is 0 Å². The number of benzene rings is 1. The molecule has 0 saturated heterocycles. The SMILES string of the molecule is C=C.Cc1ccc2cncnc2c1. The Morgan fingerprint density at radius 3 is 2.77 bits per heavy atom. The molecule has 1 aromatic heterocycles. The van der Waals surface area contributed by atoms with Gasteiger partial charge < -0.3 is 0 Å². The fraction of sp³-hybridized carbons (Fsp3) is 0.0909. The van der Waals surface area contributed by atoms with Crippen LogP contribution in [0.1, 0.15) is 5.56 Å². The van der Waals surface area contributed by atoms with Gasteiger partial charge in [0.15, 0.2) is 0 Å². The molecule has 66 valence electrons. The van der Waals surface area contributed by atoms with Crippen LogP contribution in [0, 0.1) is 6.92 Å². The third-order valence-electron chi connectivity index (χ3n) is 1.66. The van der Waals surface area contributed by atoms with Crippen LogP contribution in [0.5, 0.6) is 0 Å². The van der Waals surface area contributed by atoms with Crippen LogP contribution in [-0.4, -0.2) is 9.97 Å². The topological polar surface area (TPSA) is 25.8 Å². The zero-order valence-electron chi connectivity index (χ0n) is 7.70.